The number of imidazole rings is 1. The molecule has 0 atom stereocenters. The molecule has 4 N–H and O–H groups in total. The molecular weight excluding hydrogens is 476 g/mol. The molecule has 0 saturated carbocycles. The standard InChI is InChI=1S/C26H30N6O3S/c1-3-17-13-20(33)7-9-21(17)18-6-8-22-23(14-18)30-31-25(22)26-28-15-24(29-26)19-5-4-10-32(16-19)11-12-36(34,35)27-2/h5-9,13-15,27,33H,3-4,10-12,16H2,1-2H3,(H,28,29)(H,30,31). The Kier molecular flexibility index (Phi) is 6.65. The van der Waals surface area contributed by atoms with Crippen molar-refractivity contribution in [2.24, 2.45) is 0 Å². The van der Waals surface area contributed by atoms with E-state index in [1.807, 2.05) is 24.4 Å². The van der Waals surface area contributed by atoms with Gasteiger partial charge in [0.1, 0.15) is 11.4 Å². The van der Waals surface area contributed by atoms with Gasteiger partial charge in [-0.2, -0.15) is 5.10 Å². The lowest BCUT2D eigenvalue weighted by atomic mass is 9.97. The Bertz CT molecular complexity index is 1540. The first kappa shape index (κ1) is 24.2. The number of phenols is 1. The Hall–Kier alpha value is -3.47. The summed E-state index contributed by atoms with van der Waals surface area (Å²) in [4.78, 5) is 10.1. The molecule has 10 heteroatoms. The third kappa shape index (κ3) is 4.92. The number of nitrogens with one attached hydrogen (secondary N) is 3. The van der Waals surface area contributed by atoms with Crippen molar-refractivity contribution in [2.75, 3.05) is 32.4 Å². The van der Waals surface area contributed by atoms with Crippen LogP contribution >= 0.6 is 0 Å². The van der Waals surface area contributed by atoms with Gasteiger partial charge in [-0.1, -0.05) is 25.1 Å². The number of benzene rings is 2. The number of fused-ring (bicyclic) bond motifs is 1. The summed E-state index contributed by atoms with van der Waals surface area (Å²) in [5, 5.41) is 18.5. The lowest BCUT2D eigenvalue weighted by Crippen LogP contribution is -2.36. The maximum atomic E-state index is 11.8. The lowest BCUT2D eigenvalue weighted by molar-refractivity contribution is 0.321. The number of hydrogen-bond acceptors (Lipinski definition) is 6. The zero-order chi connectivity index (χ0) is 25.3. The Morgan fingerprint density at radius 3 is 2.86 bits per heavy atom. The van der Waals surface area contributed by atoms with Crippen LogP contribution in [-0.2, 0) is 16.4 Å². The molecule has 0 spiro atoms. The molecule has 36 heavy (non-hydrogen) atoms. The molecule has 0 unspecified atom stereocenters. The van der Waals surface area contributed by atoms with Crippen LogP contribution in [0.1, 0.15) is 24.6 Å². The van der Waals surface area contributed by atoms with Crippen LogP contribution < -0.4 is 4.72 Å². The maximum Gasteiger partial charge on any atom is 0.212 e. The number of sulfonamides is 1. The molecule has 0 radical (unpaired) electrons. The van der Waals surface area contributed by atoms with Gasteiger partial charge >= 0.3 is 0 Å². The molecule has 0 aliphatic carbocycles. The number of rotatable bonds is 8. The van der Waals surface area contributed by atoms with E-state index in [0.717, 1.165) is 63.9 Å². The van der Waals surface area contributed by atoms with Crippen LogP contribution in [0.2, 0.25) is 0 Å². The highest BCUT2D eigenvalue weighted by atomic mass is 32.2. The molecular formula is C26H30N6O3S. The van der Waals surface area contributed by atoms with Gasteiger partial charge in [0, 0.05) is 25.0 Å². The summed E-state index contributed by atoms with van der Waals surface area (Å²) in [7, 11) is -1.79. The molecule has 2 aromatic carbocycles. The molecule has 5 rings (SSSR count). The molecule has 0 saturated heterocycles. The van der Waals surface area contributed by atoms with Crippen molar-refractivity contribution in [1.29, 1.82) is 0 Å². The van der Waals surface area contributed by atoms with E-state index in [1.54, 1.807) is 6.07 Å². The molecule has 0 bridgehead atoms. The second-order valence-corrected chi connectivity index (χ2v) is 11.0. The van der Waals surface area contributed by atoms with Crippen LogP contribution in [0.3, 0.4) is 0 Å². The fraction of sp³-hybridized carbons (Fsp3) is 0.308. The van der Waals surface area contributed by atoms with Crippen molar-refractivity contribution in [3.8, 4) is 28.4 Å². The number of hydrogen-bond donors (Lipinski definition) is 4. The van der Waals surface area contributed by atoms with Gasteiger partial charge in [-0.15, -0.1) is 0 Å². The quantitative estimate of drug-likeness (QED) is 0.290. The van der Waals surface area contributed by atoms with Gasteiger partial charge in [-0.25, -0.2) is 18.1 Å². The summed E-state index contributed by atoms with van der Waals surface area (Å²) in [5.41, 5.74) is 6.90. The van der Waals surface area contributed by atoms with Gasteiger partial charge in [-0.05, 0) is 66.4 Å². The zero-order valence-corrected chi connectivity index (χ0v) is 21.2. The second kappa shape index (κ2) is 9.88. The third-order valence-corrected chi connectivity index (χ3v) is 8.05. The molecule has 2 aromatic heterocycles. The SMILES string of the molecule is CCc1cc(O)ccc1-c1ccc2c(-c3ncc(C4=CCCN(CCS(=O)(=O)NC)C4)[nH]3)n[nH]c2c1. The predicted molar refractivity (Wildman–Crippen MR) is 142 cm³/mol. The van der Waals surface area contributed by atoms with Gasteiger partial charge in [-0.3, -0.25) is 10.00 Å². The molecule has 1 aliphatic rings. The summed E-state index contributed by atoms with van der Waals surface area (Å²) >= 11 is 0. The molecule has 9 nitrogen and oxygen atoms in total. The fourth-order valence-corrected chi connectivity index (χ4v) is 5.37. The molecule has 0 fully saturated rings. The van der Waals surface area contributed by atoms with Crippen molar-refractivity contribution < 1.29 is 13.5 Å². The van der Waals surface area contributed by atoms with Crippen LogP contribution in [-0.4, -0.2) is 71.0 Å². The molecule has 4 aromatic rings. The van der Waals surface area contributed by atoms with Crippen molar-refractivity contribution in [2.45, 2.75) is 19.8 Å². The maximum absolute atomic E-state index is 11.8. The van der Waals surface area contributed by atoms with Gasteiger partial charge in [0.15, 0.2) is 5.82 Å². The van der Waals surface area contributed by atoms with Crippen molar-refractivity contribution in [1.82, 2.24) is 29.8 Å². The Labute approximate surface area is 210 Å². The fourth-order valence-electron chi connectivity index (χ4n) is 4.67. The van der Waals surface area contributed by atoms with Crippen LogP contribution in [0, 0.1) is 0 Å². The summed E-state index contributed by atoms with van der Waals surface area (Å²) < 4.78 is 26.0. The second-order valence-electron chi connectivity index (χ2n) is 8.99. The first-order chi connectivity index (χ1) is 17.4. The third-order valence-electron chi connectivity index (χ3n) is 6.71. The van der Waals surface area contributed by atoms with Crippen LogP contribution in [0.4, 0.5) is 0 Å². The predicted octanol–water partition coefficient (Wildman–Crippen LogP) is 3.53. The Balaban J connectivity index is 1.37. The normalized spacial score (nSPS) is 14.9. The largest absolute Gasteiger partial charge is 0.508 e. The summed E-state index contributed by atoms with van der Waals surface area (Å²) in [6.07, 6.45) is 5.67. The number of H-pyrrole nitrogens is 2. The van der Waals surface area contributed by atoms with E-state index < -0.39 is 10.0 Å². The number of aromatic hydroxyl groups is 1. The molecule has 0 amide bonds. The van der Waals surface area contributed by atoms with Crippen molar-refractivity contribution in [3.05, 3.63) is 59.9 Å². The average Bonchev–Trinajstić information content (AvgIpc) is 3.54. The van der Waals surface area contributed by atoms with Crippen molar-refractivity contribution in [3.63, 3.8) is 0 Å². The smallest absolute Gasteiger partial charge is 0.212 e. The highest BCUT2D eigenvalue weighted by Gasteiger charge is 2.19. The summed E-state index contributed by atoms with van der Waals surface area (Å²) in [6, 6.07) is 11.6. The number of aromatic amines is 2. The minimum Gasteiger partial charge on any atom is -0.508 e. The number of phenolic OH excluding ortho intramolecular Hbond substituents is 1. The van der Waals surface area contributed by atoms with Gasteiger partial charge in [0.05, 0.1) is 23.2 Å². The van der Waals surface area contributed by atoms with Crippen LogP contribution in [0.5, 0.6) is 5.75 Å². The topological polar surface area (TPSA) is 127 Å². The Morgan fingerprint density at radius 2 is 2.06 bits per heavy atom. The molecule has 3 heterocycles. The first-order valence-corrected chi connectivity index (χ1v) is 13.7. The number of nitrogens with zero attached hydrogens (tertiary/aromatic N) is 3. The van der Waals surface area contributed by atoms with Crippen molar-refractivity contribution >= 4 is 26.5 Å². The summed E-state index contributed by atoms with van der Waals surface area (Å²) in [6.45, 7) is 4.05. The van der Waals surface area contributed by atoms with E-state index in [1.165, 1.54) is 7.05 Å². The summed E-state index contributed by atoms with van der Waals surface area (Å²) in [5.74, 6) is 1.03. The molecule has 1 aliphatic heterocycles. The van der Waals surface area contributed by atoms with Gasteiger partial charge in [0.25, 0.3) is 0 Å². The van der Waals surface area contributed by atoms with Gasteiger partial charge in [0.2, 0.25) is 10.0 Å². The highest BCUT2D eigenvalue weighted by molar-refractivity contribution is 7.89. The highest BCUT2D eigenvalue weighted by Crippen LogP contribution is 2.32. The van der Waals surface area contributed by atoms with E-state index in [2.05, 4.69) is 54.9 Å². The first-order valence-electron chi connectivity index (χ1n) is 12.1. The zero-order valence-electron chi connectivity index (χ0n) is 20.4. The van der Waals surface area contributed by atoms with E-state index in [4.69, 9.17) is 0 Å². The van der Waals surface area contributed by atoms with Gasteiger partial charge < -0.3 is 10.1 Å². The average molecular weight is 507 g/mol. The minimum atomic E-state index is -3.23. The van der Waals surface area contributed by atoms with E-state index in [0.29, 0.717) is 18.9 Å². The minimum absolute atomic E-state index is 0.0795. The van der Waals surface area contributed by atoms with E-state index in [9.17, 15) is 13.5 Å². The van der Waals surface area contributed by atoms with E-state index in [-0.39, 0.29) is 11.5 Å². The molecule has 188 valence electrons. The van der Waals surface area contributed by atoms with E-state index >= 15 is 0 Å². The Morgan fingerprint density at radius 1 is 1.19 bits per heavy atom. The number of aryl methyl sites for hydroxylation is 1. The van der Waals surface area contributed by atoms with Crippen LogP contribution in [0.25, 0.3) is 39.1 Å². The van der Waals surface area contributed by atoms with Crippen LogP contribution in [0.15, 0.2) is 48.7 Å². The monoisotopic (exact) mass is 506 g/mol. The number of aromatic nitrogens is 4. The lowest BCUT2D eigenvalue weighted by Gasteiger charge is -2.26.